The minimum Gasteiger partial charge on any atom is -0.337 e. The Bertz CT molecular complexity index is 867. The maximum absolute atomic E-state index is 12.3. The van der Waals surface area contributed by atoms with E-state index >= 15 is 0 Å². The molecule has 0 radical (unpaired) electrons. The number of nitrogens with one attached hydrogen (secondary N) is 1. The summed E-state index contributed by atoms with van der Waals surface area (Å²) in [7, 11) is 0. The molecule has 1 atom stereocenters. The quantitative estimate of drug-likeness (QED) is 0.528. The number of halogens is 1. The molecule has 0 aliphatic carbocycles. The van der Waals surface area contributed by atoms with Crippen LogP contribution in [0.4, 0.5) is 5.82 Å². The van der Waals surface area contributed by atoms with Gasteiger partial charge in [0, 0.05) is 11.8 Å². The number of thioether (sulfide) groups is 1. The van der Waals surface area contributed by atoms with Gasteiger partial charge in [0.2, 0.25) is 5.91 Å². The van der Waals surface area contributed by atoms with Crippen LogP contribution in [0.3, 0.4) is 0 Å². The number of nitrogens with zero attached hydrogens (tertiary/aromatic N) is 3. The van der Waals surface area contributed by atoms with E-state index in [4.69, 9.17) is 17.4 Å². The SMILES string of the molecule is C[C@H](Sc1nc(-c2ccccc2)cn1N)C(=O)Nc1ccc(Cl)cn1. The van der Waals surface area contributed by atoms with Gasteiger partial charge in [-0.15, -0.1) is 0 Å². The molecule has 128 valence electrons. The first-order valence-electron chi connectivity index (χ1n) is 7.52. The number of carbonyl (C=O) groups is 1. The van der Waals surface area contributed by atoms with E-state index in [-0.39, 0.29) is 5.91 Å². The fourth-order valence-electron chi connectivity index (χ4n) is 2.10. The molecule has 3 rings (SSSR count). The molecule has 25 heavy (non-hydrogen) atoms. The molecule has 0 fully saturated rings. The summed E-state index contributed by atoms with van der Waals surface area (Å²) in [5.74, 6) is 6.23. The van der Waals surface area contributed by atoms with Crippen LogP contribution in [0.15, 0.2) is 60.0 Å². The van der Waals surface area contributed by atoms with Gasteiger partial charge >= 0.3 is 0 Å². The molecule has 1 aromatic carbocycles. The first kappa shape index (κ1) is 17.3. The van der Waals surface area contributed by atoms with Crippen molar-refractivity contribution in [1.82, 2.24) is 14.6 Å². The standard InChI is InChI=1S/C17H16ClN5OS/c1-11(16(24)22-15-8-7-13(18)9-20-15)25-17-21-14(10-23(17)19)12-5-3-2-4-6-12/h2-11H,19H2,1H3,(H,20,22,24)/t11-/m0/s1. The van der Waals surface area contributed by atoms with Crippen molar-refractivity contribution < 1.29 is 4.79 Å². The third kappa shape index (κ3) is 4.32. The van der Waals surface area contributed by atoms with Crippen molar-refractivity contribution in [3.8, 4) is 11.3 Å². The molecule has 2 heterocycles. The minimum absolute atomic E-state index is 0.191. The zero-order valence-corrected chi connectivity index (χ0v) is 15.0. The number of hydrogen-bond donors (Lipinski definition) is 2. The van der Waals surface area contributed by atoms with Gasteiger partial charge in [-0.2, -0.15) is 0 Å². The highest BCUT2D eigenvalue weighted by Crippen LogP contribution is 2.26. The summed E-state index contributed by atoms with van der Waals surface area (Å²) < 4.78 is 1.43. The van der Waals surface area contributed by atoms with Gasteiger partial charge < -0.3 is 11.2 Å². The van der Waals surface area contributed by atoms with Crippen molar-refractivity contribution in [2.24, 2.45) is 0 Å². The molecular formula is C17H16ClN5OS. The van der Waals surface area contributed by atoms with Crippen molar-refractivity contribution in [1.29, 1.82) is 0 Å². The smallest absolute Gasteiger partial charge is 0.238 e. The van der Waals surface area contributed by atoms with E-state index in [1.807, 2.05) is 30.3 Å². The number of carbonyl (C=O) groups excluding carboxylic acids is 1. The molecule has 0 bridgehead atoms. The summed E-state index contributed by atoms with van der Waals surface area (Å²) in [6.07, 6.45) is 3.22. The van der Waals surface area contributed by atoms with Gasteiger partial charge in [-0.1, -0.05) is 53.7 Å². The predicted molar refractivity (Wildman–Crippen MR) is 101 cm³/mol. The number of amides is 1. The van der Waals surface area contributed by atoms with Crippen LogP contribution in [0.2, 0.25) is 5.02 Å². The number of nitrogens with two attached hydrogens (primary N) is 1. The van der Waals surface area contributed by atoms with Crippen LogP contribution in [-0.2, 0) is 4.79 Å². The normalized spacial score (nSPS) is 11.9. The molecule has 0 unspecified atom stereocenters. The van der Waals surface area contributed by atoms with Crippen molar-refractivity contribution in [3.05, 3.63) is 59.9 Å². The van der Waals surface area contributed by atoms with Crippen LogP contribution in [0.25, 0.3) is 11.3 Å². The summed E-state index contributed by atoms with van der Waals surface area (Å²) >= 11 is 7.06. The number of pyridine rings is 1. The Morgan fingerprint density at radius 2 is 2.04 bits per heavy atom. The highest BCUT2D eigenvalue weighted by atomic mass is 35.5. The average Bonchev–Trinajstić information content (AvgIpc) is 2.98. The maximum Gasteiger partial charge on any atom is 0.238 e. The number of nitrogen functional groups attached to an aromatic ring is 1. The molecule has 6 nitrogen and oxygen atoms in total. The molecule has 3 N–H and O–H groups in total. The number of aromatic nitrogens is 3. The van der Waals surface area contributed by atoms with Crippen LogP contribution in [-0.4, -0.2) is 25.8 Å². The van der Waals surface area contributed by atoms with E-state index in [9.17, 15) is 4.79 Å². The van der Waals surface area contributed by atoms with Gasteiger partial charge in [-0.05, 0) is 19.1 Å². The second-order valence-corrected chi connectivity index (χ2v) is 7.04. The van der Waals surface area contributed by atoms with Gasteiger partial charge in [0.25, 0.3) is 0 Å². The van der Waals surface area contributed by atoms with Gasteiger partial charge in [0.15, 0.2) is 5.16 Å². The third-order valence-corrected chi connectivity index (χ3v) is 4.70. The monoisotopic (exact) mass is 373 g/mol. The van der Waals surface area contributed by atoms with E-state index in [1.165, 1.54) is 22.6 Å². The maximum atomic E-state index is 12.3. The second-order valence-electron chi connectivity index (χ2n) is 5.29. The van der Waals surface area contributed by atoms with Crippen LogP contribution in [0.1, 0.15) is 6.92 Å². The zero-order valence-electron chi connectivity index (χ0n) is 13.4. The van der Waals surface area contributed by atoms with E-state index in [0.717, 1.165) is 11.3 Å². The highest BCUT2D eigenvalue weighted by molar-refractivity contribution is 8.00. The fourth-order valence-corrected chi connectivity index (χ4v) is 3.02. The highest BCUT2D eigenvalue weighted by Gasteiger charge is 2.19. The van der Waals surface area contributed by atoms with Crippen LogP contribution in [0.5, 0.6) is 0 Å². The van der Waals surface area contributed by atoms with Crippen LogP contribution in [0, 0.1) is 0 Å². The lowest BCUT2D eigenvalue weighted by molar-refractivity contribution is -0.115. The minimum atomic E-state index is -0.397. The Balaban J connectivity index is 1.68. The van der Waals surface area contributed by atoms with Crippen molar-refractivity contribution >= 4 is 35.1 Å². The second kappa shape index (κ2) is 7.58. The fraction of sp³-hybridized carbons (Fsp3) is 0.118. The molecular weight excluding hydrogens is 358 g/mol. The molecule has 1 amide bonds. The van der Waals surface area contributed by atoms with Crippen LogP contribution < -0.4 is 11.2 Å². The number of anilines is 1. The summed E-state index contributed by atoms with van der Waals surface area (Å²) in [6.45, 7) is 1.78. The van der Waals surface area contributed by atoms with Crippen molar-refractivity contribution in [2.75, 3.05) is 11.2 Å². The van der Waals surface area contributed by atoms with E-state index in [0.29, 0.717) is 16.0 Å². The Hall–Kier alpha value is -2.51. The summed E-state index contributed by atoms with van der Waals surface area (Å²) in [5, 5.41) is 3.42. The first-order valence-corrected chi connectivity index (χ1v) is 8.77. The Kier molecular flexibility index (Phi) is 5.25. The molecule has 0 saturated carbocycles. The molecule has 0 aliphatic heterocycles. The lowest BCUT2D eigenvalue weighted by atomic mass is 10.2. The molecule has 0 saturated heterocycles. The Morgan fingerprint density at radius 3 is 2.72 bits per heavy atom. The third-order valence-electron chi connectivity index (χ3n) is 3.40. The molecule has 3 aromatic rings. The number of hydrogen-bond acceptors (Lipinski definition) is 5. The lowest BCUT2D eigenvalue weighted by Gasteiger charge is -2.10. The van der Waals surface area contributed by atoms with E-state index < -0.39 is 5.25 Å². The zero-order chi connectivity index (χ0) is 17.8. The largest absolute Gasteiger partial charge is 0.337 e. The molecule has 0 spiro atoms. The summed E-state index contributed by atoms with van der Waals surface area (Å²) in [4.78, 5) is 20.9. The number of imidazole rings is 1. The summed E-state index contributed by atoms with van der Waals surface area (Å²) in [6, 6.07) is 13.0. The van der Waals surface area contributed by atoms with Gasteiger partial charge in [0.1, 0.15) is 5.82 Å². The van der Waals surface area contributed by atoms with Gasteiger partial charge in [-0.25, -0.2) is 14.6 Å². The first-order chi connectivity index (χ1) is 12.0. The van der Waals surface area contributed by atoms with Gasteiger partial charge in [0.05, 0.1) is 22.2 Å². The molecule has 2 aromatic heterocycles. The van der Waals surface area contributed by atoms with Gasteiger partial charge in [-0.3, -0.25) is 4.79 Å². The summed E-state index contributed by atoms with van der Waals surface area (Å²) in [5.41, 5.74) is 1.73. The number of benzene rings is 1. The number of rotatable bonds is 5. The topological polar surface area (TPSA) is 85.8 Å². The Morgan fingerprint density at radius 1 is 1.28 bits per heavy atom. The lowest BCUT2D eigenvalue weighted by Crippen LogP contribution is -2.23. The van der Waals surface area contributed by atoms with Crippen molar-refractivity contribution in [3.63, 3.8) is 0 Å². The molecule has 0 aliphatic rings. The predicted octanol–water partition coefficient (Wildman–Crippen LogP) is 3.43. The van der Waals surface area contributed by atoms with Crippen molar-refractivity contribution in [2.45, 2.75) is 17.3 Å². The van der Waals surface area contributed by atoms with Crippen LogP contribution >= 0.6 is 23.4 Å². The van der Waals surface area contributed by atoms with E-state index in [2.05, 4.69) is 15.3 Å². The average molecular weight is 374 g/mol. The van der Waals surface area contributed by atoms with E-state index in [1.54, 1.807) is 25.3 Å². The Labute approximate surface area is 154 Å². The molecule has 8 heteroatoms.